The lowest BCUT2D eigenvalue weighted by Gasteiger charge is -2.32. The van der Waals surface area contributed by atoms with E-state index >= 15 is 0 Å². The van der Waals surface area contributed by atoms with Gasteiger partial charge in [-0.3, -0.25) is 0 Å². The zero-order valence-corrected chi connectivity index (χ0v) is 11.9. The molecule has 0 aromatic heterocycles. The first-order valence-electron chi connectivity index (χ1n) is 7.11. The van der Waals surface area contributed by atoms with Crippen LogP contribution in [0.5, 0.6) is 0 Å². The predicted molar refractivity (Wildman–Crippen MR) is 74.9 cm³/mol. The summed E-state index contributed by atoms with van der Waals surface area (Å²) in [5, 5.41) is 0. The first-order valence-corrected chi connectivity index (χ1v) is 6.19. The number of rotatable bonds is 1. The minimum Gasteiger partial charge on any atom is -0.399 e. The van der Waals surface area contributed by atoms with E-state index in [2.05, 4.69) is 0 Å². The van der Waals surface area contributed by atoms with Gasteiger partial charge in [-0.1, -0.05) is 12.1 Å². The molecule has 1 aliphatic heterocycles. The molecule has 86 valence electrons. The molecule has 0 atom stereocenters. The van der Waals surface area contributed by atoms with E-state index < -0.39 is 18.3 Å². The van der Waals surface area contributed by atoms with E-state index in [1.807, 2.05) is 50.3 Å². The van der Waals surface area contributed by atoms with Crippen LogP contribution < -0.4 is 5.46 Å². The van der Waals surface area contributed by atoms with Crippen molar-refractivity contribution in [2.24, 2.45) is 0 Å². The molecule has 0 aliphatic carbocycles. The van der Waals surface area contributed by atoms with E-state index in [1.165, 1.54) is 0 Å². The summed E-state index contributed by atoms with van der Waals surface area (Å²) in [6, 6.07) is -0.426. The molecule has 2 nitrogen and oxygen atoms in total. The summed E-state index contributed by atoms with van der Waals surface area (Å²) in [6.07, 6.45) is 0. The second kappa shape index (κ2) is 4.00. The van der Waals surface area contributed by atoms with E-state index in [0.29, 0.717) is 3.57 Å². The van der Waals surface area contributed by atoms with Crippen molar-refractivity contribution in [2.75, 3.05) is 0 Å². The Morgan fingerprint density at radius 2 is 1.75 bits per heavy atom. The molecule has 1 aromatic carbocycles. The summed E-state index contributed by atoms with van der Waals surface area (Å²) in [6.45, 7) is 7.58. The smallest absolute Gasteiger partial charge is 0.399 e. The van der Waals surface area contributed by atoms with Gasteiger partial charge < -0.3 is 9.31 Å². The van der Waals surface area contributed by atoms with E-state index in [0.717, 1.165) is 0 Å². The van der Waals surface area contributed by atoms with Gasteiger partial charge in [0.05, 0.1) is 16.7 Å². The number of hydrogen-bond donors (Lipinski definition) is 0. The topological polar surface area (TPSA) is 18.5 Å². The average molecular weight is 334 g/mol. The molecule has 1 aliphatic rings. The van der Waals surface area contributed by atoms with Crippen molar-refractivity contribution in [1.29, 1.82) is 0 Å². The van der Waals surface area contributed by atoms with Crippen molar-refractivity contribution in [3.8, 4) is 0 Å². The van der Waals surface area contributed by atoms with E-state index in [1.54, 1.807) is 0 Å². The van der Waals surface area contributed by atoms with Crippen LogP contribution in [0.3, 0.4) is 0 Å². The average Bonchev–Trinajstić information content (AvgIpc) is 2.53. The Morgan fingerprint density at radius 3 is 2.31 bits per heavy atom. The van der Waals surface area contributed by atoms with Crippen LogP contribution in [-0.4, -0.2) is 18.3 Å². The molecular weight excluding hydrogens is 314 g/mol. The quantitative estimate of drug-likeness (QED) is 0.581. The van der Waals surface area contributed by atoms with Gasteiger partial charge in [-0.25, -0.2) is 0 Å². The molecule has 16 heavy (non-hydrogen) atoms. The summed E-state index contributed by atoms with van der Waals surface area (Å²) in [5.41, 5.74) is -0.901. The fourth-order valence-corrected chi connectivity index (χ4v) is 1.84. The van der Waals surface area contributed by atoms with Crippen molar-refractivity contribution in [3.05, 3.63) is 27.7 Å². The fraction of sp³-hybridized carbons (Fsp3) is 0.500. The minimum absolute atomic E-state index is 0.0371. The Morgan fingerprint density at radius 1 is 1.19 bits per heavy atom. The summed E-state index contributed by atoms with van der Waals surface area (Å²) in [7, 11) is -0.849. The lowest BCUT2D eigenvalue weighted by atomic mass is 9.79. The van der Waals surface area contributed by atoms with Crippen molar-refractivity contribution in [2.45, 2.75) is 38.9 Å². The van der Waals surface area contributed by atoms with Gasteiger partial charge in [-0.15, -0.1) is 0 Å². The Hall–Kier alpha value is -0.0651. The van der Waals surface area contributed by atoms with Crippen LogP contribution in [0, 0.1) is 3.57 Å². The first kappa shape index (κ1) is 8.11. The minimum atomic E-state index is -0.849. The van der Waals surface area contributed by atoms with Gasteiger partial charge in [0.1, 0.15) is 0 Å². The van der Waals surface area contributed by atoms with E-state index in [4.69, 9.17) is 14.8 Å². The van der Waals surface area contributed by atoms with E-state index in [9.17, 15) is 0 Å². The molecule has 0 amide bonds. The summed E-state index contributed by atoms with van der Waals surface area (Å²) in [4.78, 5) is 0. The lowest BCUT2D eigenvalue weighted by molar-refractivity contribution is 0.00578. The number of hydrogen-bond acceptors (Lipinski definition) is 2. The van der Waals surface area contributed by atoms with E-state index in [-0.39, 0.29) is 29.6 Å². The maximum atomic E-state index is 8.11. The molecule has 0 spiro atoms. The lowest BCUT2D eigenvalue weighted by Crippen LogP contribution is -2.41. The van der Waals surface area contributed by atoms with Crippen molar-refractivity contribution in [1.82, 2.24) is 0 Å². The molecule has 0 saturated carbocycles. The summed E-state index contributed by atoms with van der Waals surface area (Å²) >= 11 is 1.85. The van der Waals surface area contributed by atoms with Crippen molar-refractivity contribution in [3.63, 3.8) is 0 Å². The molecule has 0 radical (unpaired) electrons. The Kier molecular flexibility index (Phi) is 2.03. The second-order valence-electron chi connectivity index (χ2n) is 4.82. The standard InChI is InChI=1S/C12H16BIO2/c1-11(2)12(3,4)16-13(15-11)9-6-5-7-10(14)8-9/h5-8H,1-4H3/i5D,6D,7D,8D. The van der Waals surface area contributed by atoms with Crippen LogP contribution in [0.25, 0.3) is 0 Å². The van der Waals surface area contributed by atoms with Gasteiger partial charge in [0, 0.05) is 3.57 Å². The highest BCUT2D eigenvalue weighted by molar-refractivity contribution is 14.1. The molecule has 2 rings (SSSR count). The molecule has 1 fully saturated rings. The highest BCUT2D eigenvalue weighted by Crippen LogP contribution is 2.36. The highest BCUT2D eigenvalue weighted by atomic mass is 127. The number of benzene rings is 1. The zero-order valence-electron chi connectivity index (χ0n) is 13.8. The SMILES string of the molecule is [2H]c1c([2H])c(I)c([2H])c(B2OC(C)(C)C(C)(C)O2)c1[2H]. The van der Waals surface area contributed by atoms with Crippen LogP contribution in [0.15, 0.2) is 24.2 Å². The molecular formula is C12H16BIO2. The maximum Gasteiger partial charge on any atom is 0.494 e. The molecule has 0 bridgehead atoms. The second-order valence-corrected chi connectivity index (χ2v) is 5.89. The predicted octanol–water partition coefficient (Wildman–Crippen LogP) is 2.59. The monoisotopic (exact) mass is 334 g/mol. The third-order valence-corrected chi connectivity index (χ3v) is 3.64. The third-order valence-electron chi connectivity index (χ3n) is 3.10. The molecule has 0 unspecified atom stereocenters. The van der Waals surface area contributed by atoms with Gasteiger partial charge >= 0.3 is 7.12 Å². The molecule has 1 aromatic rings. The highest BCUT2D eigenvalue weighted by Gasteiger charge is 2.51. The maximum absolute atomic E-state index is 8.11. The molecule has 1 heterocycles. The first-order chi connectivity index (χ1) is 8.99. The molecule has 0 N–H and O–H groups in total. The number of halogens is 1. The van der Waals surface area contributed by atoms with Crippen LogP contribution >= 0.6 is 22.6 Å². The molecule has 4 heteroatoms. The molecule has 1 saturated heterocycles. The summed E-state index contributed by atoms with van der Waals surface area (Å²) in [5.74, 6) is 0. The van der Waals surface area contributed by atoms with Gasteiger partial charge in [-0.2, -0.15) is 0 Å². The normalized spacial score (nSPS) is 25.9. The van der Waals surface area contributed by atoms with Gasteiger partial charge in [-0.05, 0) is 67.8 Å². The zero-order chi connectivity index (χ0) is 15.5. The van der Waals surface area contributed by atoms with Gasteiger partial charge in [0.25, 0.3) is 0 Å². The van der Waals surface area contributed by atoms with Crippen LogP contribution in [0.4, 0.5) is 0 Å². The summed E-state index contributed by atoms with van der Waals surface area (Å²) < 4.78 is 43.7. The third kappa shape index (κ3) is 2.15. The Bertz CT molecular complexity index is 532. The van der Waals surface area contributed by atoms with Crippen molar-refractivity contribution >= 4 is 35.2 Å². The van der Waals surface area contributed by atoms with Crippen molar-refractivity contribution < 1.29 is 14.8 Å². The van der Waals surface area contributed by atoms with Crippen LogP contribution in [-0.2, 0) is 9.31 Å². The fourth-order valence-electron chi connectivity index (χ4n) is 1.41. The van der Waals surface area contributed by atoms with Crippen LogP contribution in [0.1, 0.15) is 33.2 Å². The Balaban J connectivity index is 2.57. The van der Waals surface area contributed by atoms with Gasteiger partial charge in [0.15, 0.2) is 0 Å². The largest absolute Gasteiger partial charge is 0.494 e. The van der Waals surface area contributed by atoms with Crippen LogP contribution in [0.2, 0.25) is 0 Å². The Labute approximate surface area is 117 Å². The van der Waals surface area contributed by atoms with Gasteiger partial charge in [0.2, 0.25) is 0 Å².